The van der Waals surface area contributed by atoms with E-state index in [-0.39, 0.29) is 0 Å². The Kier molecular flexibility index (Phi) is 3.07. The van der Waals surface area contributed by atoms with E-state index in [0.29, 0.717) is 5.89 Å². The molecule has 0 spiro atoms. The van der Waals surface area contributed by atoms with Crippen LogP contribution in [0.3, 0.4) is 0 Å². The fourth-order valence-electron chi connectivity index (χ4n) is 1.80. The van der Waals surface area contributed by atoms with Gasteiger partial charge in [-0.2, -0.15) is 0 Å². The largest absolute Gasteiger partial charge is 0.497 e. The van der Waals surface area contributed by atoms with Gasteiger partial charge < -0.3 is 14.9 Å². The molecule has 1 aromatic carbocycles. The van der Waals surface area contributed by atoms with Crippen molar-refractivity contribution in [1.82, 2.24) is 4.98 Å². The fraction of sp³-hybridized carbons (Fsp3) is 0.462. The van der Waals surface area contributed by atoms with Crippen LogP contribution in [0.25, 0.3) is 11.1 Å². The standard InChI is InChI=1S/C13H18N2O2/c1-4-13(14,5-2)12-15-10-8-9(16-3)6-7-11(10)17-12/h6-8H,4-5,14H2,1-3H3. The summed E-state index contributed by atoms with van der Waals surface area (Å²) in [4.78, 5) is 4.46. The summed E-state index contributed by atoms with van der Waals surface area (Å²) >= 11 is 0. The highest BCUT2D eigenvalue weighted by molar-refractivity contribution is 5.74. The third kappa shape index (κ3) is 2.00. The minimum absolute atomic E-state index is 0.480. The predicted molar refractivity (Wildman–Crippen MR) is 67.0 cm³/mol. The molecule has 0 aliphatic carbocycles. The van der Waals surface area contributed by atoms with Gasteiger partial charge >= 0.3 is 0 Å². The summed E-state index contributed by atoms with van der Waals surface area (Å²) in [7, 11) is 1.63. The van der Waals surface area contributed by atoms with Crippen molar-refractivity contribution in [2.24, 2.45) is 5.73 Å². The van der Waals surface area contributed by atoms with E-state index in [1.807, 2.05) is 32.0 Å². The molecule has 2 rings (SSSR count). The zero-order valence-corrected chi connectivity index (χ0v) is 10.5. The second-order valence-electron chi connectivity index (χ2n) is 4.22. The Morgan fingerprint density at radius 3 is 2.65 bits per heavy atom. The lowest BCUT2D eigenvalue weighted by atomic mass is 9.94. The molecule has 1 aromatic heterocycles. The molecule has 0 amide bonds. The zero-order valence-electron chi connectivity index (χ0n) is 10.5. The highest BCUT2D eigenvalue weighted by Crippen LogP contribution is 2.29. The summed E-state index contributed by atoms with van der Waals surface area (Å²) in [5.74, 6) is 1.37. The van der Waals surface area contributed by atoms with Gasteiger partial charge in [0.15, 0.2) is 5.58 Å². The first-order chi connectivity index (χ1) is 8.12. The van der Waals surface area contributed by atoms with E-state index in [4.69, 9.17) is 14.9 Å². The first-order valence-electron chi connectivity index (χ1n) is 5.87. The molecular formula is C13H18N2O2. The molecule has 0 aliphatic heterocycles. The monoisotopic (exact) mass is 234 g/mol. The van der Waals surface area contributed by atoms with Crippen molar-refractivity contribution < 1.29 is 9.15 Å². The quantitative estimate of drug-likeness (QED) is 0.883. The van der Waals surface area contributed by atoms with Crippen LogP contribution in [0.15, 0.2) is 22.6 Å². The number of aromatic nitrogens is 1. The second-order valence-corrected chi connectivity index (χ2v) is 4.22. The van der Waals surface area contributed by atoms with Crippen LogP contribution in [0, 0.1) is 0 Å². The SMILES string of the molecule is CCC(N)(CC)c1nc2cc(OC)ccc2o1. The molecule has 0 atom stereocenters. The number of ether oxygens (including phenoxy) is 1. The number of methoxy groups -OCH3 is 1. The maximum Gasteiger partial charge on any atom is 0.215 e. The maximum absolute atomic E-state index is 6.26. The van der Waals surface area contributed by atoms with Gasteiger partial charge in [0.2, 0.25) is 5.89 Å². The average Bonchev–Trinajstić information content (AvgIpc) is 2.80. The average molecular weight is 234 g/mol. The first-order valence-corrected chi connectivity index (χ1v) is 5.87. The van der Waals surface area contributed by atoms with Gasteiger partial charge in [-0.15, -0.1) is 0 Å². The first kappa shape index (κ1) is 11.9. The summed E-state index contributed by atoms with van der Waals surface area (Å²) in [6.07, 6.45) is 1.60. The minimum atomic E-state index is -0.480. The molecule has 0 aliphatic rings. The van der Waals surface area contributed by atoms with Crippen LogP contribution in [0.1, 0.15) is 32.6 Å². The molecule has 0 saturated heterocycles. The van der Waals surface area contributed by atoms with Crippen molar-refractivity contribution in [3.63, 3.8) is 0 Å². The number of fused-ring (bicyclic) bond motifs is 1. The van der Waals surface area contributed by atoms with E-state index in [1.54, 1.807) is 7.11 Å². The summed E-state index contributed by atoms with van der Waals surface area (Å²) in [5, 5.41) is 0. The number of oxazole rings is 1. The molecular weight excluding hydrogens is 216 g/mol. The Morgan fingerprint density at radius 1 is 1.35 bits per heavy atom. The smallest absolute Gasteiger partial charge is 0.215 e. The van der Waals surface area contributed by atoms with Gasteiger partial charge in [-0.25, -0.2) is 4.98 Å². The van der Waals surface area contributed by atoms with E-state index >= 15 is 0 Å². The molecule has 92 valence electrons. The van der Waals surface area contributed by atoms with Crippen LogP contribution < -0.4 is 10.5 Å². The number of nitrogens with zero attached hydrogens (tertiary/aromatic N) is 1. The highest BCUT2D eigenvalue weighted by Gasteiger charge is 2.29. The van der Waals surface area contributed by atoms with Gasteiger partial charge in [-0.1, -0.05) is 13.8 Å². The third-order valence-electron chi connectivity index (χ3n) is 3.28. The van der Waals surface area contributed by atoms with Crippen LogP contribution in [0.2, 0.25) is 0 Å². The van der Waals surface area contributed by atoms with Crippen molar-refractivity contribution in [3.05, 3.63) is 24.1 Å². The van der Waals surface area contributed by atoms with E-state index in [2.05, 4.69) is 4.98 Å². The highest BCUT2D eigenvalue weighted by atomic mass is 16.5. The van der Waals surface area contributed by atoms with Crippen LogP contribution in [-0.4, -0.2) is 12.1 Å². The molecule has 0 saturated carbocycles. The Balaban J connectivity index is 2.50. The molecule has 0 radical (unpaired) electrons. The Labute approximate surface area is 101 Å². The van der Waals surface area contributed by atoms with Crippen molar-refractivity contribution >= 4 is 11.1 Å². The van der Waals surface area contributed by atoms with Crippen molar-refractivity contribution in [2.45, 2.75) is 32.2 Å². The lowest BCUT2D eigenvalue weighted by Gasteiger charge is -2.21. The van der Waals surface area contributed by atoms with Gasteiger partial charge in [-0.3, -0.25) is 0 Å². The van der Waals surface area contributed by atoms with Crippen molar-refractivity contribution in [1.29, 1.82) is 0 Å². The van der Waals surface area contributed by atoms with Crippen LogP contribution in [0.5, 0.6) is 5.75 Å². The van der Waals surface area contributed by atoms with Crippen LogP contribution in [-0.2, 0) is 5.54 Å². The molecule has 0 fully saturated rings. The number of nitrogens with two attached hydrogens (primary N) is 1. The van der Waals surface area contributed by atoms with E-state index in [9.17, 15) is 0 Å². The molecule has 17 heavy (non-hydrogen) atoms. The van der Waals surface area contributed by atoms with E-state index < -0.39 is 5.54 Å². The Bertz CT molecular complexity index is 515. The molecule has 2 aromatic rings. The number of hydrogen-bond acceptors (Lipinski definition) is 4. The molecule has 0 bridgehead atoms. The van der Waals surface area contributed by atoms with Gasteiger partial charge in [-0.05, 0) is 25.0 Å². The predicted octanol–water partition coefficient (Wildman–Crippen LogP) is 2.81. The summed E-state index contributed by atoms with van der Waals surface area (Å²) in [5.41, 5.74) is 7.32. The normalized spacial score (nSPS) is 12.0. The molecule has 0 unspecified atom stereocenters. The van der Waals surface area contributed by atoms with Crippen LogP contribution in [0.4, 0.5) is 0 Å². The van der Waals surface area contributed by atoms with E-state index in [1.165, 1.54) is 0 Å². The van der Waals surface area contributed by atoms with Gasteiger partial charge in [0.1, 0.15) is 11.3 Å². The number of hydrogen-bond donors (Lipinski definition) is 1. The van der Waals surface area contributed by atoms with Gasteiger partial charge in [0, 0.05) is 6.07 Å². The zero-order chi connectivity index (χ0) is 12.5. The number of rotatable bonds is 4. The minimum Gasteiger partial charge on any atom is -0.497 e. The Hall–Kier alpha value is -1.55. The second kappa shape index (κ2) is 4.37. The van der Waals surface area contributed by atoms with Gasteiger partial charge in [0.25, 0.3) is 0 Å². The fourth-order valence-corrected chi connectivity index (χ4v) is 1.80. The lowest BCUT2D eigenvalue weighted by molar-refractivity contribution is 0.318. The van der Waals surface area contributed by atoms with Crippen LogP contribution >= 0.6 is 0 Å². The topological polar surface area (TPSA) is 61.3 Å². The molecule has 4 heteroatoms. The molecule has 1 heterocycles. The van der Waals surface area contributed by atoms with Crippen molar-refractivity contribution in [3.8, 4) is 5.75 Å². The van der Waals surface area contributed by atoms with Gasteiger partial charge in [0.05, 0.1) is 12.6 Å². The molecule has 4 nitrogen and oxygen atoms in total. The Morgan fingerprint density at radius 2 is 2.06 bits per heavy atom. The maximum atomic E-state index is 6.26. The lowest BCUT2D eigenvalue weighted by Crippen LogP contribution is -2.35. The van der Waals surface area contributed by atoms with Crippen molar-refractivity contribution in [2.75, 3.05) is 7.11 Å². The number of benzene rings is 1. The van der Waals surface area contributed by atoms with E-state index in [0.717, 1.165) is 29.7 Å². The molecule has 2 N–H and O–H groups in total. The summed E-state index contributed by atoms with van der Waals surface area (Å²) in [6, 6.07) is 5.57. The summed E-state index contributed by atoms with van der Waals surface area (Å²) in [6.45, 7) is 4.08. The third-order valence-corrected chi connectivity index (χ3v) is 3.28. The summed E-state index contributed by atoms with van der Waals surface area (Å²) < 4.78 is 10.9.